The number of hydrogen-bond acceptors (Lipinski definition) is 0. The number of rotatable bonds is 2. The van der Waals surface area contributed by atoms with E-state index in [2.05, 4.69) is 92.2 Å². The SMILES string of the molecule is CCC1=Cc2c(cccc2-c2cc3ccccc3c3ccccc23)[CH]1.[Cl][Zr][Cl]. The Bertz CT molecular complexity index is 1180. The second-order valence-corrected chi connectivity index (χ2v) is 10.5. The first-order valence-electron chi connectivity index (χ1n) is 9.32. The molecule has 0 nitrogen and oxygen atoms in total. The molecule has 0 aromatic heterocycles. The van der Waals surface area contributed by atoms with Gasteiger partial charge in [0.25, 0.3) is 0 Å². The van der Waals surface area contributed by atoms with Crippen LogP contribution in [0.3, 0.4) is 0 Å². The van der Waals surface area contributed by atoms with Crippen molar-refractivity contribution in [3.63, 3.8) is 0 Å². The number of benzene rings is 4. The zero-order chi connectivity index (χ0) is 19.5. The van der Waals surface area contributed by atoms with Crippen LogP contribution in [0.4, 0.5) is 0 Å². The average Bonchev–Trinajstić information content (AvgIpc) is 3.17. The van der Waals surface area contributed by atoms with Gasteiger partial charge in [-0.1, -0.05) is 85.3 Å². The molecule has 0 heterocycles. The van der Waals surface area contributed by atoms with E-state index >= 15 is 0 Å². The van der Waals surface area contributed by atoms with E-state index in [1.54, 1.807) is 0 Å². The van der Waals surface area contributed by atoms with Gasteiger partial charge in [-0.3, -0.25) is 0 Å². The fourth-order valence-electron chi connectivity index (χ4n) is 4.01. The van der Waals surface area contributed by atoms with Gasteiger partial charge >= 0.3 is 37.9 Å². The molecule has 137 valence electrons. The number of halogens is 2. The van der Waals surface area contributed by atoms with Crippen LogP contribution in [0, 0.1) is 6.42 Å². The van der Waals surface area contributed by atoms with Crippen LogP contribution in [0.25, 0.3) is 38.7 Å². The summed E-state index contributed by atoms with van der Waals surface area (Å²) in [6.45, 7) is 2.22. The summed E-state index contributed by atoms with van der Waals surface area (Å²) in [6, 6.07) is 26.5. The van der Waals surface area contributed by atoms with Crippen LogP contribution in [0.2, 0.25) is 0 Å². The zero-order valence-corrected chi connectivity index (χ0v) is 19.5. The van der Waals surface area contributed by atoms with E-state index in [0.717, 1.165) is 6.42 Å². The van der Waals surface area contributed by atoms with Crippen molar-refractivity contribution in [1.82, 2.24) is 0 Å². The van der Waals surface area contributed by atoms with Gasteiger partial charge in [-0.2, -0.15) is 0 Å². The van der Waals surface area contributed by atoms with Crippen molar-refractivity contribution >= 4 is 44.6 Å². The Morgan fingerprint density at radius 2 is 1.43 bits per heavy atom. The molecule has 1 aliphatic carbocycles. The van der Waals surface area contributed by atoms with Crippen molar-refractivity contribution in [2.75, 3.05) is 0 Å². The van der Waals surface area contributed by atoms with Gasteiger partial charge in [0.1, 0.15) is 0 Å². The number of allylic oxidation sites excluding steroid dienone is 1. The topological polar surface area (TPSA) is 0 Å². The summed E-state index contributed by atoms with van der Waals surface area (Å²) < 4.78 is 0. The molecular formula is C25H19Cl2Zr. The maximum atomic E-state index is 4.93. The summed E-state index contributed by atoms with van der Waals surface area (Å²) in [6.07, 6.45) is 5.75. The third kappa shape index (κ3) is 3.73. The van der Waals surface area contributed by atoms with E-state index in [1.165, 1.54) is 49.4 Å². The number of fused-ring (bicyclic) bond motifs is 4. The molecule has 0 bridgehead atoms. The molecule has 3 heteroatoms. The third-order valence-electron chi connectivity index (χ3n) is 5.28. The second kappa shape index (κ2) is 8.95. The molecule has 4 aromatic carbocycles. The summed E-state index contributed by atoms with van der Waals surface area (Å²) in [4.78, 5) is 0. The fourth-order valence-corrected chi connectivity index (χ4v) is 4.01. The molecule has 28 heavy (non-hydrogen) atoms. The van der Waals surface area contributed by atoms with Crippen molar-refractivity contribution in [2.45, 2.75) is 13.3 Å². The maximum absolute atomic E-state index is 4.93. The molecular weight excluding hydrogens is 462 g/mol. The van der Waals surface area contributed by atoms with Gasteiger partial charge in [-0.15, -0.1) is 0 Å². The summed E-state index contributed by atoms with van der Waals surface area (Å²) >= 11 is -0.826. The molecule has 0 unspecified atom stereocenters. The molecule has 0 amide bonds. The van der Waals surface area contributed by atoms with Crippen LogP contribution in [0.5, 0.6) is 0 Å². The van der Waals surface area contributed by atoms with Crippen molar-refractivity contribution in [3.05, 3.63) is 95.9 Å². The molecule has 0 spiro atoms. The minimum atomic E-state index is -0.826. The minimum absolute atomic E-state index is 0.826. The first kappa shape index (κ1) is 19.9. The Kier molecular flexibility index (Phi) is 6.36. The van der Waals surface area contributed by atoms with E-state index in [0.29, 0.717) is 0 Å². The normalized spacial score (nSPS) is 12.3. The Balaban J connectivity index is 0.000000604. The molecule has 0 saturated heterocycles. The third-order valence-corrected chi connectivity index (χ3v) is 5.28. The molecule has 1 aliphatic rings. The molecule has 0 atom stereocenters. The van der Waals surface area contributed by atoms with E-state index in [-0.39, 0.29) is 0 Å². The van der Waals surface area contributed by atoms with Gasteiger partial charge in [0.05, 0.1) is 0 Å². The molecule has 4 aromatic rings. The first-order valence-corrected chi connectivity index (χ1v) is 15.6. The summed E-state index contributed by atoms with van der Waals surface area (Å²) in [5, 5.41) is 5.28. The molecule has 1 radical (unpaired) electrons. The van der Waals surface area contributed by atoms with Crippen LogP contribution in [0.1, 0.15) is 24.5 Å². The van der Waals surface area contributed by atoms with Crippen LogP contribution < -0.4 is 0 Å². The van der Waals surface area contributed by atoms with Crippen molar-refractivity contribution in [1.29, 1.82) is 0 Å². The molecule has 0 N–H and O–H groups in total. The van der Waals surface area contributed by atoms with Crippen molar-refractivity contribution in [2.24, 2.45) is 0 Å². The van der Waals surface area contributed by atoms with Crippen LogP contribution >= 0.6 is 17.0 Å². The monoisotopic (exact) mass is 479 g/mol. The van der Waals surface area contributed by atoms with Crippen molar-refractivity contribution < 1.29 is 20.8 Å². The van der Waals surface area contributed by atoms with Gasteiger partial charge in [0.15, 0.2) is 0 Å². The van der Waals surface area contributed by atoms with Gasteiger partial charge < -0.3 is 0 Å². The van der Waals surface area contributed by atoms with Gasteiger partial charge in [0.2, 0.25) is 0 Å². The Labute approximate surface area is 184 Å². The van der Waals surface area contributed by atoms with E-state index in [9.17, 15) is 0 Å². The summed E-state index contributed by atoms with van der Waals surface area (Å²) in [7, 11) is 9.87. The summed E-state index contributed by atoms with van der Waals surface area (Å²) in [5.74, 6) is 0. The Morgan fingerprint density at radius 1 is 0.750 bits per heavy atom. The average molecular weight is 482 g/mol. The van der Waals surface area contributed by atoms with E-state index < -0.39 is 20.8 Å². The first-order chi connectivity index (χ1) is 13.8. The number of hydrogen-bond donors (Lipinski definition) is 0. The molecule has 0 aliphatic heterocycles. The fraction of sp³-hybridized carbons (Fsp3) is 0.0800. The standard InChI is InChI=1S/C25H19.2ClH.Zr/c1-2-17-14-18-9-7-13-23(24(18)15-17)25-16-19-8-3-4-10-20(19)21-11-5-6-12-22(21)25;;;/h3-16H,2H2,1H3;2*1H;/q;;;+2/p-2. The Morgan fingerprint density at radius 3 is 2.18 bits per heavy atom. The zero-order valence-electron chi connectivity index (χ0n) is 15.5. The van der Waals surface area contributed by atoms with E-state index in [4.69, 9.17) is 17.0 Å². The molecule has 0 saturated carbocycles. The van der Waals surface area contributed by atoms with Crippen LogP contribution in [-0.4, -0.2) is 0 Å². The van der Waals surface area contributed by atoms with Crippen molar-refractivity contribution in [3.8, 4) is 11.1 Å². The predicted molar refractivity (Wildman–Crippen MR) is 120 cm³/mol. The molecule has 5 rings (SSSR count). The van der Waals surface area contributed by atoms with E-state index in [1.807, 2.05) is 0 Å². The van der Waals surface area contributed by atoms with Crippen LogP contribution in [0.15, 0.2) is 78.4 Å². The molecule has 0 fully saturated rings. The van der Waals surface area contributed by atoms with Crippen LogP contribution in [-0.2, 0) is 20.8 Å². The van der Waals surface area contributed by atoms with Gasteiger partial charge in [-0.25, -0.2) is 0 Å². The predicted octanol–water partition coefficient (Wildman–Crippen LogP) is 8.40. The quantitative estimate of drug-likeness (QED) is 0.252. The second-order valence-electron chi connectivity index (χ2n) is 6.79. The van der Waals surface area contributed by atoms with Gasteiger partial charge in [0, 0.05) is 6.42 Å². The van der Waals surface area contributed by atoms with Gasteiger partial charge in [-0.05, 0) is 56.3 Å². The summed E-state index contributed by atoms with van der Waals surface area (Å²) in [5.41, 5.74) is 6.77. The Hall–Kier alpha value is -1.40.